The number of para-hydroxylation sites is 1. The average molecular weight is 783 g/mol. The summed E-state index contributed by atoms with van der Waals surface area (Å²) in [4.78, 5) is 30.7. The molecule has 0 saturated heterocycles. The highest BCUT2D eigenvalue weighted by Crippen LogP contribution is 2.45. The second-order valence-electron chi connectivity index (χ2n) is 14.7. The lowest BCUT2D eigenvalue weighted by Crippen LogP contribution is -2.03. The van der Waals surface area contributed by atoms with Gasteiger partial charge in [0.05, 0.1) is 0 Å². The van der Waals surface area contributed by atoms with Crippen molar-refractivity contribution in [2.45, 2.75) is 0 Å². The third-order valence-electron chi connectivity index (χ3n) is 10.8. The van der Waals surface area contributed by atoms with Gasteiger partial charge in [0.2, 0.25) is 0 Å². The number of hydrogen-bond acceptors (Lipinski definition) is 7. The minimum absolute atomic E-state index is 0.512. The predicted molar refractivity (Wildman–Crippen MR) is 244 cm³/mol. The number of fused-ring (bicyclic) bond motifs is 3. The van der Waals surface area contributed by atoms with E-state index in [1.165, 1.54) is 0 Å². The maximum atomic E-state index is 6.73. The zero-order valence-corrected chi connectivity index (χ0v) is 32.7. The van der Waals surface area contributed by atoms with Gasteiger partial charge in [-0.25, -0.2) is 29.9 Å². The zero-order chi connectivity index (χ0) is 40.5. The summed E-state index contributed by atoms with van der Waals surface area (Å²) < 4.78 is 6.73. The Kier molecular flexibility index (Phi) is 9.02. The highest BCUT2D eigenvalue weighted by molar-refractivity contribution is 6.17. The lowest BCUT2D eigenvalue weighted by molar-refractivity contribution is 0.670. The maximum Gasteiger partial charge on any atom is 0.164 e. The van der Waals surface area contributed by atoms with Gasteiger partial charge in [0.25, 0.3) is 0 Å². The molecule has 11 aromatic rings. The fourth-order valence-corrected chi connectivity index (χ4v) is 7.87. The summed E-state index contributed by atoms with van der Waals surface area (Å²) in [5.74, 6) is 3.33. The van der Waals surface area contributed by atoms with E-state index in [1.807, 2.05) is 140 Å². The highest BCUT2D eigenvalue weighted by atomic mass is 16.3. The predicted octanol–water partition coefficient (Wildman–Crippen LogP) is 13.3. The molecule has 0 spiro atoms. The van der Waals surface area contributed by atoms with Gasteiger partial charge in [-0.2, -0.15) is 0 Å². The smallest absolute Gasteiger partial charge is 0.164 e. The van der Waals surface area contributed by atoms with Crippen LogP contribution in [0.15, 0.2) is 211 Å². The molecular formula is C54H34N6O. The van der Waals surface area contributed by atoms with E-state index in [9.17, 15) is 0 Å². The highest BCUT2D eigenvalue weighted by Gasteiger charge is 2.23. The first-order valence-corrected chi connectivity index (χ1v) is 20.1. The molecular weight excluding hydrogens is 749 g/mol. The van der Waals surface area contributed by atoms with E-state index >= 15 is 0 Å². The topological polar surface area (TPSA) is 90.5 Å². The molecule has 0 aliphatic heterocycles. The Morgan fingerprint density at radius 1 is 0.262 bits per heavy atom. The molecule has 0 N–H and O–H groups in total. The molecule has 3 heterocycles. The molecule has 0 saturated carbocycles. The van der Waals surface area contributed by atoms with Crippen molar-refractivity contribution < 1.29 is 4.42 Å². The average Bonchev–Trinajstić information content (AvgIpc) is 3.75. The van der Waals surface area contributed by atoms with Crippen LogP contribution in [0.5, 0.6) is 0 Å². The van der Waals surface area contributed by atoms with Crippen molar-refractivity contribution in [3.8, 4) is 90.6 Å². The molecule has 0 aliphatic rings. The summed E-state index contributed by atoms with van der Waals surface area (Å²) in [5, 5.41) is 2.02. The van der Waals surface area contributed by atoms with Gasteiger partial charge >= 0.3 is 0 Å². The van der Waals surface area contributed by atoms with Crippen LogP contribution < -0.4 is 0 Å². The minimum Gasteiger partial charge on any atom is -0.455 e. The molecule has 61 heavy (non-hydrogen) atoms. The first-order valence-electron chi connectivity index (χ1n) is 20.1. The first kappa shape index (κ1) is 35.7. The van der Waals surface area contributed by atoms with Gasteiger partial charge in [-0.05, 0) is 34.9 Å². The standard InChI is InChI=1S/C54H34N6O/c1-6-18-35(19-7-1)41-32-33-43(47-44-28-16-17-29-46(44)61-48(41)47)42-31-30-40(53-57-49(36-20-8-2-9-21-36)55-50(58-53)37-22-10-3-11-23-37)34-45(42)54-59-51(38-24-12-4-13-25-38)56-52(60-54)39-26-14-5-15-27-39/h1-34H. The lowest BCUT2D eigenvalue weighted by Gasteiger charge is -2.16. The van der Waals surface area contributed by atoms with Crippen LogP contribution in [-0.4, -0.2) is 29.9 Å². The van der Waals surface area contributed by atoms with Gasteiger partial charge in [-0.1, -0.05) is 188 Å². The van der Waals surface area contributed by atoms with Gasteiger partial charge in [0.1, 0.15) is 11.2 Å². The molecule has 3 aromatic heterocycles. The number of benzene rings is 8. The van der Waals surface area contributed by atoms with E-state index < -0.39 is 0 Å². The Balaban J connectivity index is 1.20. The number of nitrogens with zero attached hydrogens (tertiary/aromatic N) is 6. The summed E-state index contributed by atoms with van der Waals surface area (Å²) in [7, 11) is 0. The van der Waals surface area contributed by atoms with Crippen LogP contribution in [0, 0.1) is 0 Å². The lowest BCUT2D eigenvalue weighted by atomic mass is 9.91. The molecule has 7 nitrogen and oxygen atoms in total. The molecule has 7 heteroatoms. The quantitative estimate of drug-likeness (QED) is 0.152. The van der Waals surface area contributed by atoms with Gasteiger partial charge in [-0.3, -0.25) is 0 Å². The first-order chi connectivity index (χ1) is 30.2. The fourth-order valence-electron chi connectivity index (χ4n) is 7.87. The number of furan rings is 1. The Hall–Kier alpha value is -8.42. The second kappa shape index (κ2) is 15.4. The van der Waals surface area contributed by atoms with E-state index in [1.54, 1.807) is 0 Å². The van der Waals surface area contributed by atoms with Crippen LogP contribution in [0.4, 0.5) is 0 Å². The normalized spacial score (nSPS) is 11.3. The third-order valence-corrected chi connectivity index (χ3v) is 10.8. The van der Waals surface area contributed by atoms with Crippen LogP contribution in [0.1, 0.15) is 0 Å². The monoisotopic (exact) mass is 782 g/mol. The van der Waals surface area contributed by atoms with E-state index in [4.69, 9.17) is 34.3 Å². The van der Waals surface area contributed by atoms with Gasteiger partial charge in [-0.15, -0.1) is 0 Å². The van der Waals surface area contributed by atoms with Crippen molar-refractivity contribution in [1.82, 2.24) is 29.9 Å². The van der Waals surface area contributed by atoms with Crippen LogP contribution in [0.3, 0.4) is 0 Å². The van der Waals surface area contributed by atoms with Crippen molar-refractivity contribution in [1.29, 1.82) is 0 Å². The van der Waals surface area contributed by atoms with Crippen LogP contribution >= 0.6 is 0 Å². The molecule has 0 fully saturated rings. The Morgan fingerprint density at radius 3 is 1.13 bits per heavy atom. The Bertz CT molecular complexity index is 3220. The van der Waals surface area contributed by atoms with Crippen LogP contribution in [0.25, 0.3) is 113 Å². The van der Waals surface area contributed by atoms with Gasteiger partial charge in [0, 0.05) is 49.7 Å². The van der Waals surface area contributed by atoms with Crippen molar-refractivity contribution in [3.05, 3.63) is 206 Å². The second-order valence-corrected chi connectivity index (χ2v) is 14.7. The summed E-state index contributed by atoms with van der Waals surface area (Å²) in [6, 6.07) is 69.3. The summed E-state index contributed by atoms with van der Waals surface area (Å²) in [6.45, 7) is 0. The van der Waals surface area contributed by atoms with Crippen LogP contribution in [-0.2, 0) is 0 Å². The van der Waals surface area contributed by atoms with Gasteiger partial charge in [0.15, 0.2) is 34.9 Å². The molecule has 0 aliphatic carbocycles. The zero-order valence-electron chi connectivity index (χ0n) is 32.7. The maximum absolute atomic E-state index is 6.73. The molecule has 0 unspecified atom stereocenters. The Morgan fingerprint density at radius 2 is 0.639 bits per heavy atom. The fraction of sp³-hybridized carbons (Fsp3) is 0. The molecule has 0 atom stereocenters. The molecule has 8 aromatic carbocycles. The van der Waals surface area contributed by atoms with E-state index in [0.717, 1.165) is 77.6 Å². The van der Waals surface area contributed by atoms with Gasteiger partial charge < -0.3 is 4.42 Å². The number of hydrogen-bond donors (Lipinski definition) is 0. The summed E-state index contributed by atoms with van der Waals surface area (Å²) in [6.07, 6.45) is 0. The van der Waals surface area contributed by atoms with E-state index in [-0.39, 0.29) is 0 Å². The summed E-state index contributed by atoms with van der Waals surface area (Å²) >= 11 is 0. The summed E-state index contributed by atoms with van der Waals surface area (Å²) in [5.41, 5.74) is 10.7. The Labute approximate surface area is 351 Å². The van der Waals surface area contributed by atoms with Crippen molar-refractivity contribution >= 4 is 21.9 Å². The third kappa shape index (κ3) is 6.80. The number of aromatic nitrogens is 6. The molecule has 0 radical (unpaired) electrons. The number of rotatable bonds is 8. The van der Waals surface area contributed by atoms with E-state index in [2.05, 4.69) is 66.7 Å². The molecule has 286 valence electrons. The molecule has 0 amide bonds. The van der Waals surface area contributed by atoms with Crippen molar-refractivity contribution in [2.24, 2.45) is 0 Å². The van der Waals surface area contributed by atoms with Crippen molar-refractivity contribution in [3.63, 3.8) is 0 Å². The van der Waals surface area contributed by atoms with E-state index in [0.29, 0.717) is 34.9 Å². The molecule has 0 bridgehead atoms. The SMILES string of the molecule is c1ccc(-c2nc(-c3ccccc3)nc(-c3ccc(-c4ccc(-c5ccccc5)c5oc6ccccc6c45)c(-c4nc(-c5ccccc5)nc(-c5ccccc5)n4)c3)n2)cc1. The van der Waals surface area contributed by atoms with Crippen LogP contribution in [0.2, 0.25) is 0 Å². The minimum atomic E-state index is 0.512. The molecule has 11 rings (SSSR count). The van der Waals surface area contributed by atoms with Crippen molar-refractivity contribution in [2.75, 3.05) is 0 Å². The largest absolute Gasteiger partial charge is 0.455 e.